The van der Waals surface area contributed by atoms with Gasteiger partial charge in [0.05, 0.1) is 11.2 Å². The molecule has 2 heterocycles. The predicted octanol–water partition coefficient (Wildman–Crippen LogP) is 2.57. The monoisotopic (exact) mass is 244 g/mol. The molecule has 17 heavy (non-hydrogen) atoms. The Morgan fingerprint density at radius 1 is 1.35 bits per heavy atom. The van der Waals surface area contributed by atoms with Crippen LogP contribution in [0.4, 0.5) is 0 Å². The number of hydrogen-bond acceptors (Lipinski definition) is 4. The molecule has 84 valence electrons. The highest BCUT2D eigenvalue weighted by Gasteiger charge is 2.22. The summed E-state index contributed by atoms with van der Waals surface area (Å²) in [6, 6.07) is 7.57. The van der Waals surface area contributed by atoms with Crippen LogP contribution in [0.2, 0.25) is 0 Å². The maximum Gasteiger partial charge on any atom is 0.264 e. The molecule has 3 rings (SSSR count). The lowest BCUT2D eigenvalue weighted by Gasteiger charge is -1.95. The maximum atomic E-state index is 11.4. The fourth-order valence-corrected chi connectivity index (χ4v) is 2.37. The summed E-state index contributed by atoms with van der Waals surface area (Å²) in [7, 11) is 0. The van der Waals surface area contributed by atoms with Gasteiger partial charge in [-0.2, -0.15) is 0 Å². The van der Waals surface area contributed by atoms with Crippen LogP contribution in [0.5, 0.6) is 0 Å². The molecule has 2 N–H and O–H groups in total. The van der Waals surface area contributed by atoms with Crippen LogP contribution in [0.1, 0.15) is 5.56 Å². The van der Waals surface area contributed by atoms with Gasteiger partial charge in [0, 0.05) is 5.39 Å². The van der Waals surface area contributed by atoms with Gasteiger partial charge in [0.25, 0.3) is 5.91 Å². The van der Waals surface area contributed by atoms with Crippen molar-refractivity contribution >= 4 is 39.9 Å². The number of benzene rings is 1. The molecule has 1 aliphatic heterocycles. The zero-order valence-corrected chi connectivity index (χ0v) is 9.51. The lowest BCUT2D eigenvalue weighted by Crippen LogP contribution is -2.18. The van der Waals surface area contributed by atoms with E-state index in [1.54, 1.807) is 12.3 Å². The minimum atomic E-state index is -0.215. The Hall–Kier alpha value is -2.01. The van der Waals surface area contributed by atoms with Gasteiger partial charge in [-0.25, -0.2) is 0 Å². The van der Waals surface area contributed by atoms with E-state index >= 15 is 0 Å². The number of fused-ring (bicyclic) bond motifs is 1. The molecule has 0 unspecified atom stereocenters. The van der Waals surface area contributed by atoms with Crippen LogP contribution in [0.3, 0.4) is 0 Å². The van der Waals surface area contributed by atoms with E-state index in [1.807, 2.05) is 24.3 Å². The molecular weight excluding hydrogens is 236 g/mol. The molecule has 1 aromatic carbocycles. The minimum Gasteiger partial charge on any atom is -0.464 e. The Morgan fingerprint density at radius 2 is 2.24 bits per heavy atom. The van der Waals surface area contributed by atoms with Crippen LogP contribution < -0.4 is 5.32 Å². The molecule has 0 atom stereocenters. The molecule has 1 amide bonds. The standard InChI is InChI=1S/C12H8N2O2S/c13-12-14-11(15)10(17-12)6-7-1-2-9-8(5-7)3-4-16-9/h1-6H,(H2,13,14,15)/b10-6-. The van der Waals surface area contributed by atoms with Crippen molar-refractivity contribution in [2.45, 2.75) is 0 Å². The van der Waals surface area contributed by atoms with Gasteiger partial charge in [-0.15, -0.1) is 0 Å². The topological polar surface area (TPSA) is 66.1 Å². The van der Waals surface area contributed by atoms with E-state index in [2.05, 4.69) is 5.32 Å². The van der Waals surface area contributed by atoms with Gasteiger partial charge in [-0.3, -0.25) is 10.2 Å². The van der Waals surface area contributed by atoms with Crippen LogP contribution in [0, 0.1) is 5.41 Å². The van der Waals surface area contributed by atoms with E-state index in [-0.39, 0.29) is 11.1 Å². The Labute approximate surface area is 101 Å². The average Bonchev–Trinajstić information content (AvgIpc) is 2.85. The molecule has 0 aliphatic carbocycles. The third-order valence-corrected chi connectivity index (χ3v) is 3.27. The number of rotatable bonds is 1. The number of carbonyl (C=O) groups is 1. The Balaban J connectivity index is 2.01. The largest absolute Gasteiger partial charge is 0.464 e. The average molecular weight is 244 g/mol. The van der Waals surface area contributed by atoms with Crippen LogP contribution in [-0.4, -0.2) is 11.1 Å². The third kappa shape index (κ3) is 1.85. The summed E-state index contributed by atoms with van der Waals surface area (Å²) in [6.07, 6.45) is 3.41. The predicted molar refractivity (Wildman–Crippen MR) is 67.7 cm³/mol. The van der Waals surface area contributed by atoms with Crippen molar-refractivity contribution < 1.29 is 9.21 Å². The van der Waals surface area contributed by atoms with Gasteiger partial charge in [0.1, 0.15) is 5.58 Å². The SMILES string of the molecule is N=C1NC(=O)/C(=C/c2ccc3occc3c2)S1. The highest BCUT2D eigenvalue weighted by atomic mass is 32.2. The lowest BCUT2D eigenvalue weighted by molar-refractivity contribution is -0.115. The second kappa shape index (κ2) is 3.78. The first-order valence-corrected chi connectivity index (χ1v) is 5.81. The van der Waals surface area contributed by atoms with Crippen LogP contribution in [0.15, 0.2) is 39.9 Å². The molecule has 0 radical (unpaired) electrons. The first-order chi connectivity index (χ1) is 8.22. The van der Waals surface area contributed by atoms with Crippen molar-refractivity contribution in [2.24, 2.45) is 0 Å². The van der Waals surface area contributed by atoms with Gasteiger partial charge >= 0.3 is 0 Å². The summed E-state index contributed by atoms with van der Waals surface area (Å²) in [5, 5.41) is 11.0. The first-order valence-electron chi connectivity index (χ1n) is 4.99. The number of nitrogens with one attached hydrogen (secondary N) is 2. The highest BCUT2D eigenvalue weighted by molar-refractivity contribution is 8.18. The van der Waals surface area contributed by atoms with Crippen LogP contribution in [-0.2, 0) is 4.79 Å². The number of carbonyl (C=O) groups excluding carboxylic acids is 1. The van der Waals surface area contributed by atoms with Gasteiger partial charge in [-0.05, 0) is 41.6 Å². The van der Waals surface area contributed by atoms with E-state index < -0.39 is 0 Å². The normalized spacial score (nSPS) is 18.0. The van der Waals surface area contributed by atoms with E-state index in [1.165, 1.54) is 0 Å². The molecule has 5 heteroatoms. The highest BCUT2D eigenvalue weighted by Crippen LogP contribution is 2.26. The summed E-state index contributed by atoms with van der Waals surface area (Å²) in [5.41, 5.74) is 1.75. The molecule has 1 aromatic heterocycles. The molecule has 2 aromatic rings. The number of hydrogen-bond donors (Lipinski definition) is 2. The Morgan fingerprint density at radius 3 is 3.00 bits per heavy atom. The molecular formula is C12H8N2O2S. The van der Waals surface area contributed by atoms with E-state index in [0.717, 1.165) is 28.3 Å². The van der Waals surface area contributed by atoms with E-state index in [9.17, 15) is 4.79 Å². The van der Waals surface area contributed by atoms with Crippen molar-refractivity contribution in [3.8, 4) is 0 Å². The van der Waals surface area contributed by atoms with E-state index in [0.29, 0.717) is 4.91 Å². The lowest BCUT2D eigenvalue weighted by atomic mass is 10.1. The number of amidine groups is 1. The fourth-order valence-electron chi connectivity index (χ4n) is 1.67. The zero-order chi connectivity index (χ0) is 11.8. The van der Waals surface area contributed by atoms with Crippen molar-refractivity contribution in [1.29, 1.82) is 5.41 Å². The molecule has 1 fully saturated rings. The van der Waals surface area contributed by atoms with Gasteiger partial charge in [0.15, 0.2) is 5.17 Å². The minimum absolute atomic E-state index is 0.172. The smallest absolute Gasteiger partial charge is 0.264 e. The van der Waals surface area contributed by atoms with Crippen LogP contribution >= 0.6 is 11.8 Å². The third-order valence-electron chi connectivity index (χ3n) is 2.44. The van der Waals surface area contributed by atoms with Crippen molar-refractivity contribution in [2.75, 3.05) is 0 Å². The summed E-state index contributed by atoms with van der Waals surface area (Å²) >= 11 is 1.14. The molecule has 4 nitrogen and oxygen atoms in total. The first kappa shape index (κ1) is 10.2. The fraction of sp³-hybridized carbons (Fsp3) is 0. The van der Waals surface area contributed by atoms with Crippen molar-refractivity contribution in [3.63, 3.8) is 0 Å². The molecule has 0 spiro atoms. The zero-order valence-electron chi connectivity index (χ0n) is 8.69. The molecule has 0 bridgehead atoms. The number of thioether (sulfide) groups is 1. The van der Waals surface area contributed by atoms with Crippen molar-refractivity contribution in [1.82, 2.24) is 5.32 Å². The maximum absolute atomic E-state index is 11.4. The van der Waals surface area contributed by atoms with Gasteiger partial charge in [-0.1, -0.05) is 6.07 Å². The quantitative estimate of drug-likeness (QED) is 0.758. The molecule has 1 aliphatic rings. The van der Waals surface area contributed by atoms with Crippen LogP contribution in [0.25, 0.3) is 17.0 Å². The molecule has 1 saturated heterocycles. The Bertz CT molecular complexity index is 657. The summed E-state index contributed by atoms with van der Waals surface area (Å²) < 4.78 is 5.24. The summed E-state index contributed by atoms with van der Waals surface area (Å²) in [4.78, 5) is 12.0. The summed E-state index contributed by atoms with van der Waals surface area (Å²) in [5.74, 6) is -0.215. The second-order valence-electron chi connectivity index (χ2n) is 3.61. The van der Waals surface area contributed by atoms with E-state index in [4.69, 9.17) is 9.83 Å². The number of furan rings is 1. The van der Waals surface area contributed by atoms with Crippen molar-refractivity contribution in [3.05, 3.63) is 41.0 Å². The van der Waals surface area contributed by atoms with Gasteiger partial charge < -0.3 is 9.73 Å². The summed E-state index contributed by atoms with van der Waals surface area (Å²) in [6.45, 7) is 0. The molecule has 0 saturated carbocycles. The second-order valence-corrected chi connectivity index (χ2v) is 4.66. The Kier molecular flexibility index (Phi) is 2.26. The van der Waals surface area contributed by atoms with Gasteiger partial charge in [0.2, 0.25) is 0 Å². The number of amides is 1.